The molecule has 11 heavy (non-hydrogen) atoms. The van der Waals surface area contributed by atoms with Crippen LogP contribution in [0.5, 0.6) is 0 Å². The highest BCUT2D eigenvalue weighted by Crippen LogP contribution is 2.09. The molecule has 0 fully saturated rings. The first-order valence-corrected chi connectivity index (χ1v) is 3.26. The topological polar surface area (TPSA) is 46.0 Å². The summed E-state index contributed by atoms with van der Waals surface area (Å²) in [5.41, 5.74) is 0.415. The number of aliphatic hydroxyl groups is 1. The van der Waals surface area contributed by atoms with Gasteiger partial charge in [-0.15, -0.1) is 0 Å². The van der Waals surface area contributed by atoms with Gasteiger partial charge in [-0.2, -0.15) is 0 Å². The summed E-state index contributed by atoms with van der Waals surface area (Å²) in [6.45, 7) is 0.929. The molecule has 0 aliphatic heterocycles. The fourth-order valence-electron chi connectivity index (χ4n) is 0.664. The zero-order valence-electron chi connectivity index (χ0n) is 6.16. The molecule has 1 aromatic rings. The van der Waals surface area contributed by atoms with Crippen molar-refractivity contribution in [1.29, 1.82) is 0 Å². The first-order chi connectivity index (χ1) is 5.24. The van der Waals surface area contributed by atoms with Crippen LogP contribution in [0.2, 0.25) is 0 Å². The van der Waals surface area contributed by atoms with Gasteiger partial charge in [0.25, 0.3) is 0 Å². The number of rotatable bonds is 2. The second-order valence-electron chi connectivity index (χ2n) is 2.23. The van der Waals surface area contributed by atoms with E-state index in [2.05, 4.69) is 9.97 Å². The van der Waals surface area contributed by atoms with E-state index < -0.39 is 12.8 Å². The van der Waals surface area contributed by atoms with Gasteiger partial charge in [-0.1, -0.05) is 0 Å². The number of aromatic nitrogens is 2. The summed E-state index contributed by atoms with van der Waals surface area (Å²) >= 11 is 0. The van der Waals surface area contributed by atoms with E-state index in [1.165, 1.54) is 12.4 Å². The van der Waals surface area contributed by atoms with Crippen molar-refractivity contribution in [3.63, 3.8) is 0 Å². The van der Waals surface area contributed by atoms with Crippen LogP contribution in [0.4, 0.5) is 4.39 Å². The molecule has 1 heterocycles. The average Bonchev–Trinajstić information content (AvgIpc) is 2.05. The van der Waals surface area contributed by atoms with Gasteiger partial charge < -0.3 is 5.11 Å². The lowest BCUT2D eigenvalue weighted by molar-refractivity contribution is 0.141. The Balaban J connectivity index is 2.81. The molecule has 0 radical (unpaired) electrons. The van der Waals surface area contributed by atoms with E-state index >= 15 is 0 Å². The molecule has 1 rings (SSSR count). The van der Waals surface area contributed by atoms with Crippen molar-refractivity contribution in [3.8, 4) is 0 Å². The number of alkyl halides is 1. The van der Waals surface area contributed by atoms with Crippen LogP contribution in [0.1, 0.15) is 17.5 Å². The molecule has 60 valence electrons. The SMILES string of the molecule is Cc1ncc(C(O)CF)cn1. The molecule has 1 aromatic heterocycles. The predicted molar refractivity (Wildman–Crippen MR) is 37.7 cm³/mol. The second-order valence-corrected chi connectivity index (χ2v) is 2.23. The van der Waals surface area contributed by atoms with E-state index in [4.69, 9.17) is 5.11 Å². The molecule has 0 spiro atoms. The summed E-state index contributed by atoms with van der Waals surface area (Å²) in [7, 11) is 0. The van der Waals surface area contributed by atoms with Crippen molar-refractivity contribution in [1.82, 2.24) is 9.97 Å². The largest absolute Gasteiger partial charge is 0.386 e. The molecule has 0 saturated heterocycles. The van der Waals surface area contributed by atoms with E-state index in [9.17, 15) is 4.39 Å². The van der Waals surface area contributed by atoms with E-state index in [1.54, 1.807) is 6.92 Å². The smallest absolute Gasteiger partial charge is 0.125 e. The van der Waals surface area contributed by atoms with E-state index in [0.29, 0.717) is 11.4 Å². The van der Waals surface area contributed by atoms with E-state index in [0.717, 1.165) is 0 Å². The Bertz CT molecular complexity index is 224. The standard InChI is InChI=1S/C7H9FN2O/c1-5-9-3-6(4-10-5)7(11)2-8/h3-4,7,11H,2H2,1H3. The van der Waals surface area contributed by atoms with Crippen LogP contribution in [0.3, 0.4) is 0 Å². The third-order valence-corrected chi connectivity index (χ3v) is 1.33. The quantitative estimate of drug-likeness (QED) is 0.688. The predicted octanol–water partition coefficient (Wildman–Crippen LogP) is 0.788. The molecule has 0 bridgehead atoms. The lowest BCUT2D eigenvalue weighted by Gasteiger charge is -2.03. The minimum Gasteiger partial charge on any atom is -0.386 e. The minimum absolute atomic E-state index is 0.415. The summed E-state index contributed by atoms with van der Waals surface area (Å²) in [4.78, 5) is 7.62. The number of aryl methyl sites for hydroxylation is 1. The molecule has 0 aliphatic carbocycles. The third-order valence-electron chi connectivity index (χ3n) is 1.33. The lowest BCUT2D eigenvalue weighted by atomic mass is 10.2. The highest BCUT2D eigenvalue weighted by Gasteiger charge is 2.06. The van der Waals surface area contributed by atoms with Gasteiger partial charge in [0.15, 0.2) is 0 Å². The number of aliphatic hydroxyl groups excluding tert-OH is 1. The van der Waals surface area contributed by atoms with Gasteiger partial charge in [0, 0.05) is 18.0 Å². The zero-order valence-corrected chi connectivity index (χ0v) is 6.16. The normalized spacial score (nSPS) is 13.0. The summed E-state index contributed by atoms with van der Waals surface area (Å²) < 4.78 is 11.9. The lowest BCUT2D eigenvalue weighted by Crippen LogP contribution is -2.01. The number of halogens is 1. The zero-order chi connectivity index (χ0) is 8.27. The maximum atomic E-state index is 11.9. The highest BCUT2D eigenvalue weighted by atomic mass is 19.1. The molecule has 1 atom stereocenters. The number of hydrogen-bond donors (Lipinski definition) is 1. The Hall–Kier alpha value is -1.03. The fourth-order valence-corrected chi connectivity index (χ4v) is 0.664. The number of hydrogen-bond acceptors (Lipinski definition) is 3. The van der Waals surface area contributed by atoms with Crippen molar-refractivity contribution < 1.29 is 9.50 Å². The fraction of sp³-hybridized carbons (Fsp3) is 0.429. The monoisotopic (exact) mass is 156 g/mol. The van der Waals surface area contributed by atoms with E-state index in [-0.39, 0.29) is 0 Å². The molecule has 4 heteroatoms. The van der Waals surface area contributed by atoms with Gasteiger partial charge in [0.1, 0.15) is 18.6 Å². The molecule has 0 saturated carbocycles. The molecule has 1 unspecified atom stereocenters. The van der Waals surface area contributed by atoms with Gasteiger partial charge >= 0.3 is 0 Å². The van der Waals surface area contributed by atoms with E-state index in [1.807, 2.05) is 0 Å². The Morgan fingerprint density at radius 3 is 2.55 bits per heavy atom. The maximum absolute atomic E-state index is 11.9. The summed E-state index contributed by atoms with van der Waals surface area (Å²) in [5.74, 6) is 0.611. The Kier molecular flexibility index (Phi) is 2.48. The van der Waals surface area contributed by atoms with Crippen LogP contribution in [0.25, 0.3) is 0 Å². The van der Waals surface area contributed by atoms with Crippen LogP contribution in [-0.4, -0.2) is 21.7 Å². The third kappa shape index (κ3) is 1.94. The Morgan fingerprint density at radius 2 is 2.09 bits per heavy atom. The van der Waals surface area contributed by atoms with Crippen molar-refractivity contribution >= 4 is 0 Å². The summed E-state index contributed by atoms with van der Waals surface area (Å²) in [5, 5.41) is 8.97. The van der Waals surface area contributed by atoms with Crippen molar-refractivity contribution in [2.75, 3.05) is 6.67 Å². The van der Waals surface area contributed by atoms with Crippen LogP contribution in [-0.2, 0) is 0 Å². The van der Waals surface area contributed by atoms with Gasteiger partial charge in [0.05, 0.1) is 0 Å². The minimum atomic E-state index is -1.09. The first kappa shape index (κ1) is 8.07. The summed E-state index contributed by atoms with van der Waals surface area (Å²) in [6, 6.07) is 0. The van der Waals surface area contributed by atoms with Crippen LogP contribution in [0.15, 0.2) is 12.4 Å². The van der Waals surface area contributed by atoms with Crippen molar-refractivity contribution in [2.24, 2.45) is 0 Å². The molecule has 1 N–H and O–H groups in total. The maximum Gasteiger partial charge on any atom is 0.125 e. The van der Waals surface area contributed by atoms with Crippen LogP contribution < -0.4 is 0 Å². The molecular weight excluding hydrogens is 147 g/mol. The Labute approximate surface area is 63.9 Å². The average molecular weight is 156 g/mol. The Morgan fingerprint density at radius 1 is 1.55 bits per heavy atom. The molecule has 0 aliphatic rings. The van der Waals surface area contributed by atoms with Gasteiger partial charge in [-0.05, 0) is 6.92 Å². The van der Waals surface area contributed by atoms with Gasteiger partial charge in [0.2, 0.25) is 0 Å². The van der Waals surface area contributed by atoms with Crippen molar-refractivity contribution in [3.05, 3.63) is 23.8 Å². The molecule has 0 amide bonds. The second kappa shape index (κ2) is 3.39. The van der Waals surface area contributed by atoms with Gasteiger partial charge in [-0.25, -0.2) is 14.4 Å². The highest BCUT2D eigenvalue weighted by molar-refractivity contribution is 5.08. The van der Waals surface area contributed by atoms with Crippen molar-refractivity contribution in [2.45, 2.75) is 13.0 Å². The van der Waals surface area contributed by atoms with Crippen LogP contribution >= 0.6 is 0 Å². The van der Waals surface area contributed by atoms with Crippen LogP contribution in [0, 0.1) is 6.92 Å². The van der Waals surface area contributed by atoms with Gasteiger partial charge in [-0.3, -0.25) is 0 Å². The number of nitrogens with zero attached hydrogens (tertiary/aromatic N) is 2. The summed E-state index contributed by atoms with van der Waals surface area (Å²) in [6.07, 6.45) is 1.76. The molecule has 3 nitrogen and oxygen atoms in total. The molecular formula is C7H9FN2O. The molecule has 0 aromatic carbocycles. The first-order valence-electron chi connectivity index (χ1n) is 3.26.